The van der Waals surface area contributed by atoms with Crippen LogP contribution in [0.3, 0.4) is 0 Å². The molecule has 0 fully saturated rings. The summed E-state index contributed by atoms with van der Waals surface area (Å²) in [5.41, 5.74) is 2.87. The van der Waals surface area contributed by atoms with Gasteiger partial charge in [0.1, 0.15) is 0 Å². The number of esters is 1. The number of carbonyl (C=O) groups excluding carboxylic acids is 1. The molecule has 0 spiro atoms. The van der Waals surface area contributed by atoms with Crippen molar-refractivity contribution in [1.29, 1.82) is 0 Å². The quantitative estimate of drug-likeness (QED) is 0.390. The zero-order valence-electron chi connectivity index (χ0n) is 9.14. The van der Waals surface area contributed by atoms with Gasteiger partial charge in [-0.05, 0) is 19.1 Å². The van der Waals surface area contributed by atoms with Crippen LogP contribution in [0.25, 0.3) is 0 Å². The van der Waals surface area contributed by atoms with E-state index in [2.05, 4.69) is 15.3 Å². The number of carbonyl (C=O) groups is 1. The zero-order chi connectivity index (χ0) is 13.7. The fraction of sp³-hybridized carbons (Fsp3) is 0.200. The van der Waals surface area contributed by atoms with Crippen molar-refractivity contribution in [3.05, 3.63) is 27.2 Å². The lowest BCUT2D eigenvalue weighted by molar-refractivity contribution is -0.134. The SMILES string of the molecule is CCOC(=O)/C(Cl)=N/Nc1cc(Cl)c(Cl)cc1Cl. The number of nitrogens with zero attached hydrogens (tertiary/aromatic N) is 1. The van der Waals surface area contributed by atoms with Gasteiger partial charge in [0, 0.05) is 0 Å². The molecule has 0 amide bonds. The summed E-state index contributed by atoms with van der Waals surface area (Å²) < 4.78 is 4.64. The Morgan fingerprint density at radius 1 is 1.28 bits per heavy atom. The highest BCUT2D eigenvalue weighted by Crippen LogP contribution is 2.32. The van der Waals surface area contributed by atoms with Crippen LogP contribution in [-0.2, 0) is 9.53 Å². The summed E-state index contributed by atoms with van der Waals surface area (Å²) in [5, 5.41) is 4.17. The van der Waals surface area contributed by atoms with Crippen LogP contribution in [0.1, 0.15) is 6.92 Å². The molecule has 1 aromatic carbocycles. The van der Waals surface area contributed by atoms with E-state index in [1.807, 2.05) is 0 Å². The van der Waals surface area contributed by atoms with Crippen LogP contribution in [0.15, 0.2) is 17.2 Å². The molecule has 4 nitrogen and oxygen atoms in total. The third-order valence-corrected chi connectivity index (χ3v) is 3.00. The minimum absolute atomic E-state index is 0.206. The van der Waals surface area contributed by atoms with Crippen molar-refractivity contribution in [2.45, 2.75) is 6.92 Å². The monoisotopic (exact) mass is 328 g/mol. The number of halogens is 4. The van der Waals surface area contributed by atoms with Gasteiger partial charge in [0.25, 0.3) is 0 Å². The lowest BCUT2D eigenvalue weighted by Crippen LogP contribution is -2.13. The van der Waals surface area contributed by atoms with Crippen molar-refractivity contribution in [3.63, 3.8) is 0 Å². The summed E-state index contributed by atoms with van der Waals surface area (Å²) in [6.45, 7) is 1.86. The van der Waals surface area contributed by atoms with Crippen LogP contribution in [0.5, 0.6) is 0 Å². The summed E-state index contributed by atoms with van der Waals surface area (Å²) in [6, 6.07) is 2.91. The van der Waals surface area contributed by atoms with E-state index in [0.29, 0.717) is 20.8 Å². The highest BCUT2D eigenvalue weighted by molar-refractivity contribution is 6.82. The highest BCUT2D eigenvalue weighted by atomic mass is 35.5. The number of nitrogens with one attached hydrogen (secondary N) is 1. The Balaban J connectivity index is 2.83. The molecule has 0 aliphatic rings. The summed E-state index contributed by atoms with van der Waals surface area (Å²) >= 11 is 23.1. The minimum atomic E-state index is -0.733. The second kappa shape index (κ2) is 7.04. The number of benzene rings is 1. The first kappa shape index (κ1) is 15.4. The predicted molar refractivity (Wildman–Crippen MR) is 75.0 cm³/mol. The maximum absolute atomic E-state index is 11.2. The Morgan fingerprint density at radius 3 is 2.50 bits per heavy atom. The minimum Gasteiger partial charge on any atom is -0.461 e. The van der Waals surface area contributed by atoms with Gasteiger partial charge < -0.3 is 4.74 Å². The van der Waals surface area contributed by atoms with E-state index < -0.39 is 5.97 Å². The topological polar surface area (TPSA) is 50.7 Å². The Labute approximate surface area is 124 Å². The van der Waals surface area contributed by atoms with E-state index in [1.165, 1.54) is 12.1 Å². The number of hydrazone groups is 1. The largest absolute Gasteiger partial charge is 0.461 e. The second-order valence-corrected chi connectivity index (χ2v) is 4.56. The number of hydrogen-bond donors (Lipinski definition) is 1. The summed E-state index contributed by atoms with van der Waals surface area (Å²) in [7, 11) is 0. The number of anilines is 1. The van der Waals surface area contributed by atoms with Gasteiger partial charge in [-0.25, -0.2) is 4.79 Å². The van der Waals surface area contributed by atoms with Gasteiger partial charge in [-0.15, -0.1) is 0 Å². The average molecular weight is 330 g/mol. The first-order valence-corrected chi connectivity index (χ1v) is 6.27. The van der Waals surface area contributed by atoms with Crippen LogP contribution in [0.4, 0.5) is 5.69 Å². The predicted octanol–water partition coefficient (Wildman–Crippen LogP) is 4.17. The van der Waals surface area contributed by atoms with E-state index in [0.717, 1.165) is 0 Å². The molecule has 0 aromatic heterocycles. The highest BCUT2D eigenvalue weighted by Gasteiger charge is 2.10. The van der Waals surface area contributed by atoms with Gasteiger partial charge in [-0.2, -0.15) is 5.10 Å². The standard InChI is InChI=1S/C10H8Cl4N2O2/c1-2-18-10(17)9(14)16-15-8-4-6(12)5(11)3-7(8)13/h3-4,15H,2H2,1H3/b16-9-. The Bertz CT molecular complexity index is 491. The molecule has 1 aromatic rings. The van der Waals surface area contributed by atoms with Crippen LogP contribution in [-0.4, -0.2) is 17.7 Å². The molecule has 0 saturated carbocycles. The van der Waals surface area contributed by atoms with E-state index in [1.54, 1.807) is 6.92 Å². The summed E-state index contributed by atoms with van der Waals surface area (Å²) in [4.78, 5) is 11.2. The maximum atomic E-state index is 11.2. The second-order valence-electron chi connectivity index (χ2n) is 2.98. The Hall–Kier alpha value is -0.680. The van der Waals surface area contributed by atoms with Crippen LogP contribution < -0.4 is 5.43 Å². The molecule has 0 saturated heterocycles. The number of rotatable bonds is 4. The number of ether oxygens (including phenoxy) is 1. The first-order chi connectivity index (χ1) is 8.45. The molecule has 1 N–H and O–H groups in total. The van der Waals surface area contributed by atoms with Gasteiger partial charge in [0.05, 0.1) is 27.4 Å². The van der Waals surface area contributed by atoms with Gasteiger partial charge in [-0.1, -0.05) is 46.4 Å². The third kappa shape index (κ3) is 4.21. The molecule has 8 heteroatoms. The van der Waals surface area contributed by atoms with Gasteiger partial charge >= 0.3 is 5.97 Å². The van der Waals surface area contributed by atoms with Crippen LogP contribution in [0, 0.1) is 0 Å². The molecule has 98 valence electrons. The lowest BCUT2D eigenvalue weighted by Gasteiger charge is -2.06. The normalized spacial score (nSPS) is 11.3. The summed E-state index contributed by atoms with van der Waals surface area (Å²) in [5.74, 6) is -0.733. The number of hydrogen-bond acceptors (Lipinski definition) is 4. The molecule has 0 unspecified atom stereocenters. The average Bonchev–Trinajstić information content (AvgIpc) is 2.32. The van der Waals surface area contributed by atoms with Gasteiger partial charge in [0.2, 0.25) is 5.17 Å². The Morgan fingerprint density at radius 2 is 1.89 bits per heavy atom. The first-order valence-electron chi connectivity index (χ1n) is 4.76. The van der Waals surface area contributed by atoms with Gasteiger partial charge in [0.15, 0.2) is 0 Å². The van der Waals surface area contributed by atoms with Crippen LogP contribution >= 0.6 is 46.4 Å². The molecule has 0 aliphatic heterocycles. The van der Waals surface area contributed by atoms with Crippen LogP contribution in [0.2, 0.25) is 15.1 Å². The molecule has 0 bridgehead atoms. The van der Waals surface area contributed by atoms with Gasteiger partial charge in [-0.3, -0.25) is 5.43 Å². The molecule has 0 aliphatic carbocycles. The molecule has 0 heterocycles. The zero-order valence-corrected chi connectivity index (χ0v) is 12.2. The molecule has 0 radical (unpaired) electrons. The Kier molecular flexibility index (Phi) is 6.02. The van der Waals surface area contributed by atoms with Crippen molar-refractivity contribution < 1.29 is 9.53 Å². The fourth-order valence-electron chi connectivity index (χ4n) is 0.954. The van der Waals surface area contributed by atoms with Crippen molar-refractivity contribution in [2.75, 3.05) is 12.0 Å². The summed E-state index contributed by atoms with van der Waals surface area (Å²) in [6.07, 6.45) is 0. The molecular weight excluding hydrogens is 322 g/mol. The van der Waals surface area contributed by atoms with Crippen molar-refractivity contribution in [3.8, 4) is 0 Å². The van der Waals surface area contributed by atoms with E-state index >= 15 is 0 Å². The third-order valence-electron chi connectivity index (χ3n) is 1.73. The van der Waals surface area contributed by atoms with E-state index in [-0.39, 0.29) is 11.8 Å². The fourth-order valence-corrected chi connectivity index (χ4v) is 1.64. The van der Waals surface area contributed by atoms with Crippen molar-refractivity contribution in [2.24, 2.45) is 5.10 Å². The van der Waals surface area contributed by atoms with Crippen molar-refractivity contribution >= 4 is 63.2 Å². The van der Waals surface area contributed by atoms with E-state index in [9.17, 15) is 4.79 Å². The molecule has 1 rings (SSSR count). The maximum Gasteiger partial charge on any atom is 0.370 e. The smallest absolute Gasteiger partial charge is 0.370 e. The van der Waals surface area contributed by atoms with Crippen molar-refractivity contribution in [1.82, 2.24) is 0 Å². The molecule has 0 atom stereocenters. The molecule has 18 heavy (non-hydrogen) atoms. The van der Waals surface area contributed by atoms with E-state index in [4.69, 9.17) is 46.4 Å². The lowest BCUT2D eigenvalue weighted by atomic mass is 10.3. The molecular formula is C10H8Cl4N2O2.